The maximum Gasteiger partial charge on any atom is 0.0518 e. The zero-order chi connectivity index (χ0) is 38.1. The molecule has 0 unspecified atom stereocenters. The fourth-order valence-electron chi connectivity index (χ4n) is 11.0. The van der Waals surface area contributed by atoms with E-state index in [1.165, 1.54) is 89.0 Å². The Morgan fingerprint density at radius 3 is 1.02 bits per heavy atom. The van der Waals surface area contributed by atoms with Crippen LogP contribution in [0.3, 0.4) is 0 Å². The van der Waals surface area contributed by atoms with E-state index in [1.54, 1.807) is 25.7 Å². The molecule has 0 N–H and O–H groups in total. The summed E-state index contributed by atoms with van der Waals surface area (Å²) in [6, 6.07) is 10.5. The minimum absolute atomic E-state index is 0. The summed E-state index contributed by atoms with van der Waals surface area (Å²) in [5, 5.41) is 0. The number of benzene rings is 1. The van der Waals surface area contributed by atoms with Gasteiger partial charge in [-0.3, -0.25) is 0 Å². The number of ether oxygens (including phenoxy) is 1. The Kier molecular flexibility index (Phi) is 20.4. The first-order chi connectivity index (χ1) is 24.6. The topological polar surface area (TPSA) is 9.23 Å². The number of rotatable bonds is 6. The van der Waals surface area contributed by atoms with Crippen LogP contribution in [0.2, 0.25) is 0 Å². The first-order valence-electron chi connectivity index (χ1n) is 23.2. The highest BCUT2D eigenvalue weighted by atomic mass is 16.5. The van der Waals surface area contributed by atoms with Gasteiger partial charge in [0.2, 0.25) is 0 Å². The van der Waals surface area contributed by atoms with Crippen molar-refractivity contribution >= 4 is 0 Å². The molecule has 10 fully saturated rings. The maximum absolute atomic E-state index is 5.00. The van der Waals surface area contributed by atoms with Crippen molar-refractivity contribution in [3.05, 3.63) is 35.9 Å². The highest BCUT2D eigenvalue weighted by Gasteiger charge is 2.57. The molecule has 0 spiro atoms. The van der Waals surface area contributed by atoms with Gasteiger partial charge in [-0.2, -0.15) is 0 Å². The molecule has 0 aromatic heterocycles. The van der Waals surface area contributed by atoms with Crippen LogP contribution < -0.4 is 0 Å². The second-order valence-electron chi connectivity index (χ2n) is 21.7. The zero-order valence-electron chi connectivity index (χ0n) is 37.1. The minimum atomic E-state index is 0. The maximum atomic E-state index is 5.00. The lowest BCUT2D eigenvalue weighted by Gasteiger charge is -2.64. The Hall–Kier alpha value is -0.820. The van der Waals surface area contributed by atoms with E-state index in [-0.39, 0.29) is 14.9 Å². The predicted molar refractivity (Wildman–Crippen MR) is 242 cm³/mol. The first kappa shape index (κ1) is 49.3. The van der Waals surface area contributed by atoms with E-state index in [2.05, 4.69) is 107 Å². The molecule has 10 aliphatic rings. The zero-order valence-corrected chi connectivity index (χ0v) is 37.1. The molecule has 54 heavy (non-hydrogen) atoms. The van der Waals surface area contributed by atoms with E-state index >= 15 is 0 Å². The quantitative estimate of drug-likeness (QED) is 0.281. The predicted octanol–water partition coefficient (Wildman–Crippen LogP) is 17.1. The molecule has 1 nitrogen and oxygen atoms in total. The monoisotopic (exact) mass is 751 g/mol. The highest BCUT2D eigenvalue weighted by molar-refractivity contribution is 5.17. The van der Waals surface area contributed by atoms with Crippen LogP contribution >= 0.6 is 0 Å². The Labute approximate surface area is 341 Å². The molecular formula is C53H98O. The van der Waals surface area contributed by atoms with Gasteiger partial charge in [0.25, 0.3) is 0 Å². The molecule has 0 radical (unpaired) electrons. The van der Waals surface area contributed by atoms with Crippen molar-refractivity contribution in [3.8, 4) is 0 Å². The second-order valence-corrected chi connectivity index (χ2v) is 21.7. The van der Waals surface area contributed by atoms with Crippen LogP contribution in [0.15, 0.2) is 30.3 Å². The summed E-state index contributed by atoms with van der Waals surface area (Å²) in [5.41, 5.74) is 3.88. The standard InChI is InChI=1S/C11H20.C10H18.C9H12.C8H14.C7H14.C6H12O.2CH4/c1-9(2)11-6-3-10(4-7-11)5-8-11;1-8(2)10-5-3-9(7-10)4-6-10;1-8(2)9-6-4-3-5-7-9;1-6(2)8-3-7(4-8)5-8;1-6(2)7-4-3-5-7;1-5(2)6-3-7-4-6;;/h9-10H,3-8H2,1-2H3;8-9H,3-7H2,1-2H3;3-8H,1-2H3;6-7H,3-5H2,1-2H3;6-7H,3-5H2,1-2H3;5-6H,3-4H2,1-2H3;2*1H4. The summed E-state index contributed by atoms with van der Waals surface area (Å²) in [6.45, 7) is 29.9. The van der Waals surface area contributed by atoms with Gasteiger partial charge in [0.15, 0.2) is 0 Å². The van der Waals surface area contributed by atoms with Crippen LogP contribution in [-0.2, 0) is 4.74 Å². The molecule has 1 heteroatoms. The van der Waals surface area contributed by atoms with E-state index in [4.69, 9.17) is 4.74 Å². The second kappa shape index (κ2) is 22.4. The average Bonchev–Trinajstić information content (AvgIpc) is 3.64. The van der Waals surface area contributed by atoms with E-state index < -0.39 is 0 Å². The Balaban J connectivity index is 0.000000224. The molecule has 6 bridgehead atoms. The Morgan fingerprint density at radius 2 is 0.870 bits per heavy atom. The van der Waals surface area contributed by atoms with Gasteiger partial charge in [0, 0.05) is 5.92 Å². The van der Waals surface area contributed by atoms with Crippen molar-refractivity contribution in [1.29, 1.82) is 0 Å². The molecule has 0 amide bonds. The lowest BCUT2D eigenvalue weighted by molar-refractivity contribution is -0.141. The normalized spacial score (nSPS) is 32.3. The van der Waals surface area contributed by atoms with Crippen molar-refractivity contribution < 1.29 is 4.74 Å². The lowest BCUT2D eigenvalue weighted by Crippen LogP contribution is -2.54. The van der Waals surface area contributed by atoms with Crippen molar-refractivity contribution in [2.45, 2.75) is 213 Å². The average molecular weight is 751 g/mol. The number of fused-ring (bicyclic) bond motifs is 5. The van der Waals surface area contributed by atoms with Crippen molar-refractivity contribution in [2.24, 2.45) is 75.4 Å². The molecule has 1 aromatic carbocycles. The smallest absolute Gasteiger partial charge is 0.0518 e. The lowest BCUT2D eigenvalue weighted by atomic mass is 9.41. The van der Waals surface area contributed by atoms with Crippen molar-refractivity contribution in [1.82, 2.24) is 0 Å². The van der Waals surface area contributed by atoms with Gasteiger partial charge in [0.1, 0.15) is 0 Å². The van der Waals surface area contributed by atoms with Gasteiger partial charge in [-0.05, 0) is 171 Å². The minimum Gasteiger partial charge on any atom is -0.381 e. The van der Waals surface area contributed by atoms with E-state index in [0.717, 1.165) is 88.6 Å². The summed E-state index contributed by atoms with van der Waals surface area (Å²) in [6.07, 6.45) is 26.1. The third kappa shape index (κ3) is 13.1. The van der Waals surface area contributed by atoms with Gasteiger partial charge in [-0.25, -0.2) is 0 Å². The van der Waals surface area contributed by atoms with Gasteiger partial charge in [-0.1, -0.05) is 148 Å². The largest absolute Gasteiger partial charge is 0.381 e. The van der Waals surface area contributed by atoms with Gasteiger partial charge in [-0.15, -0.1) is 0 Å². The van der Waals surface area contributed by atoms with E-state index in [0.29, 0.717) is 5.92 Å². The fraction of sp³-hybridized carbons (Fsp3) is 0.887. The molecular weight excluding hydrogens is 653 g/mol. The van der Waals surface area contributed by atoms with Crippen LogP contribution in [0, 0.1) is 75.4 Å². The van der Waals surface area contributed by atoms with Crippen LogP contribution in [0.4, 0.5) is 0 Å². The van der Waals surface area contributed by atoms with Crippen LogP contribution in [0.25, 0.3) is 0 Å². The molecule has 1 aliphatic heterocycles. The fourth-order valence-corrected chi connectivity index (χ4v) is 11.0. The Bertz CT molecular complexity index is 1050. The molecule has 1 aromatic rings. The van der Waals surface area contributed by atoms with E-state index in [1.807, 2.05) is 6.07 Å². The molecule has 9 aliphatic carbocycles. The van der Waals surface area contributed by atoms with Crippen LogP contribution in [0.5, 0.6) is 0 Å². The molecule has 9 saturated carbocycles. The molecule has 1 saturated heterocycles. The summed E-state index contributed by atoms with van der Waals surface area (Å²) in [4.78, 5) is 0. The van der Waals surface area contributed by atoms with Gasteiger partial charge >= 0.3 is 0 Å². The third-order valence-electron chi connectivity index (χ3n) is 16.9. The molecule has 1 heterocycles. The SMILES string of the molecule is C.C.CC(C)C12CC(C1)C2.CC(C)C12CCC(CC1)C2.CC(C)C12CCC(CC1)CC2.CC(C)C1CCC1.CC(C)C1COC1.CC(C)c1ccccc1. The molecule has 11 rings (SSSR count). The number of hydrogen-bond acceptors (Lipinski definition) is 1. The molecule has 0 atom stereocenters. The van der Waals surface area contributed by atoms with Crippen LogP contribution in [-0.4, -0.2) is 13.2 Å². The Morgan fingerprint density at radius 1 is 0.463 bits per heavy atom. The van der Waals surface area contributed by atoms with Crippen molar-refractivity contribution in [3.63, 3.8) is 0 Å². The van der Waals surface area contributed by atoms with Crippen molar-refractivity contribution in [2.75, 3.05) is 13.2 Å². The van der Waals surface area contributed by atoms with Gasteiger partial charge in [0.05, 0.1) is 13.2 Å². The van der Waals surface area contributed by atoms with Crippen LogP contribution in [0.1, 0.15) is 219 Å². The molecule has 316 valence electrons. The summed E-state index contributed by atoms with van der Waals surface area (Å²) in [7, 11) is 0. The van der Waals surface area contributed by atoms with Gasteiger partial charge < -0.3 is 4.74 Å². The van der Waals surface area contributed by atoms with E-state index in [9.17, 15) is 0 Å². The summed E-state index contributed by atoms with van der Waals surface area (Å²) >= 11 is 0. The first-order valence-corrected chi connectivity index (χ1v) is 23.2. The highest BCUT2D eigenvalue weighted by Crippen LogP contribution is 2.68. The summed E-state index contributed by atoms with van der Waals surface area (Å²) < 4.78 is 5.00. The summed E-state index contributed by atoms with van der Waals surface area (Å²) in [5.74, 6) is 10.6. The number of hydrogen-bond donors (Lipinski definition) is 0. The third-order valence-corrected chi connectivity index (χ3v) is 16.9.